The monoisotopic (exact) mass is 501 g/mol. The van der Waals surface area contributed by atoms with Crippen molar-refractivity contribution < 1.29 is 23.7 Å². The fraction of sp³-hybridized carbons (Fsp3) is 0.276. The lowest BCUT2D eigenvalue weighted by Gasteiger charge is -2.20. The summed E-state index contributed by atoms with van der Waals surface area (Å²) in [6.07, 6.45) is 1.89. The number of nitrogens with one attached hydrogen (secondary N) is 2. The van der Waals surface area contributed by atoms with Crippen molar-refractivity contribution in [3.05, 3.63) is 89.5 Å². The first-order valence-electron chi connectivity index (χ1n) is 12.3. The maximum Gasteiger partial charge on any atom is 0.304 e. The lowest BCUT2D eigenvalue weighted by molar-refractivity contribution is -0.596. The van der Waals surface area contributed by atoms with E-state index in [9.17, 15) is 9.59 Å². The quantitative estimate of drug-likeness (QED) is 0.438. The maximum atomic E-state index is 13.1. The Morgan fingerprint density at radius 1 is 0.919 bits per heavy atom. The van der Waals surface area contributed by atoms with Crippen LogP contribution >= 0.6 is 0 Å². The molecule has 0 saturated carbocycles. The number of hydrazone groups is 1. The zero-order valence-corrected chi connectivity index (χ0v) is 21.6. The Balaban J connectivity index is 1.65. The van der Waals surface area contributed by atoms with Crippen LogP contribution in [-0.2, 0) is 4.79 Å². The summed E-state index contributed by atoms with van der Waals surface area (Å²) in [5, 5.41) is 2.92. The topological polar surface area (TPSA) is 82.9 Å². The van der Waals surface area contributed by atoms with Crippen molar-refractivity contribution in [2.75, 3.05) is 32.2 Å². The standard InChI is InChI=1S/C29H32N4O4/c1-5-32(6-2)23-13-7-20(8-14-23)19-33-27(21-9-15-24(36-3)16-10-21)26(29(35)31-33)30-28(34)22-11-17-25(37-4)18-12-22/h7-19,26-27H,5-6H2,1-4H3,(H-,30,31,34,35)/p+1/t26-,27+/m1/s1. The minimum absolute atomic E-state index is 0.293. The molecule has 2 atom stereocenters. The summed E-state index contributed by atoms with van der Waals surface area (Å²) in [4.78, 5) is 28.5. The lowest BCUT2D eigenvalue weighted by Crippen LogP contribution is -2.42. The summed E-state index contributed by atoms with van der Waals surface area (Å²) in [5.41, 5.74) is 6.29. The van der Waals surface area contributed by atoms with Gasteiger partial charge >= 0.3 is 5.91 Å². The smallest absolute Gasteiger partial charge is 0.304 e. The van der Waals surface area contributed by atoms with Crippen LogP contribution in [0.25, 0.3) is 0 Å². The van der Waals surface area contributed by atoms with Crippen molar-refractivity contribution in [2.45, 2.75) is 25.9 Å². The second-order valence-electron chi connectivity index (χ2n) is 8.67. The van der Waals surface area contributed by atoms with E-state index < -0.39 is 12.1 Å². The highest BCUT2D eigenvalue weighted by Gasteiger charge is 2.47. The van der Waals surface area contributed by atoms with Crippen molar-refractivity contribution >= 4 is 23.7 Å². The second kappa shape index (κ2) is 11.6. The van der Waals surface area contributed by atoms with E-state index in [2.05, 4.69) is 41.6 Å². The molecule has 3 aromatic rings. The molecule has 4 rings (SSSR count). The van der Waals surface area contributed by atoms with E-state index in [0.717, 1.165) is 29.9 Å². The minimum atomic E-state index is -0.811. The van der Waals surface area contributed by atoms with Crippen molar-refractivity contribution in [3.63, 3.8) is 0 Å². The summed E-state index contributed by atoms with van der Waals surface area (Å²) in [6.45, 7) is 6.11. The highest BCUT2D eigenvalue weighted by molar-refractivity contribution is 5.98. The van der Waals surface area contributed by atoms with Gasteiger partial charge in [0.25, 0.3) is 5.91 Å². The molecular formula is C29H33N4O4+. The molecule has 1 aliphatic heterocycles. The zero-order chi connectivity index (χ0) is 26.4. The number of rotatable bonds is 9. The van der Waals surface area contributed by atoms with E-state index in [1.165, 1.54) is 0 Å². The van der Waals surface area contributed by atoms with Crippen LogP contribution in [-0.4, -0.2) is 56.1 Å². The van der Waals surface area contributed by atoms with Gasteiger partial charge in [-0.3, -0.25) is 9.59 Å². The molecule has 0 radical (unpaired) electrons. The number of ether oxygens (including phenoxy) is 2. The van der Waals surface area contributed by atoms with Gasteiger partial charge in [-0.1, -0.05) is 0 Å². The van der Waals surface area contributed by atoms with Gasteiger partial charge in [0.1, 0.15) is 11.5 Å². The molecule has 1 heterocycles. The number of hydrazine groups is 1. The highest BCUT2D eigenvalue weighted by atomic mass is 16.5. The fourth-order valence-electron chi connectivity index (χ4n) is 4.47. The number of hydrogen-bond acceptors (Lipinski definition) is 5. The summed E-state index contributed by atoms with van der Waals surface area (Å²) >= 11 is 0. The Morgan fingerprint density at radius 3 is 2.03 bits per heavy atom. The molecule has 1 fully saturated rings. The first-order chi connectivity index (χ1) is 18.0. The van der Waals surface area contributed by atoms with E-state index in [1.807, 2.05) is 42.6 Å². The number of benzene rings is 3. The lowest BCUT2D eigenvalue weighted by atomic mass is 9.99. The molecule has 0 aromatic heterocycles. The highest BCUT2D eigenvalue weighted by Crippen LogP contribution is 2.27. The molecule has 192 valence electrons. The maximum absolute atomic E-state index is 13.1. The van der Waals surface area contributed by atoms with Crippen LogP contribution in [0.3, 0.4) is 0 Å². The van der Waals surface area contributed by atoms with Crippen molar-refractivity contribution in [3.8, 4) is 11.5 Å². The number of carbonyl (C=O) groups is 2. The van der Waals surface area contributed by atoms with Crippen molar-refractivity contribution in [1.29, 1.82) is 0 Å². The van der Waals surface area contributed by atoms with Crippen molar-refractivity contribution in [2.24, 2.45) is 0 Å². The molecular weight excluding hydrogens is 468 g/mol. The molecule has 3 aromatic carbocycles. The van der Waals surface area contributed by atoms with Crippen LogP contribution in [0.1, 0.15) is 41.4 Å². The molecule has 37 heavy (non-hydrogen) atoms. The van der Waals surface area contributed by atoms with Gasteiger partial charge in [0.2, 0.25) is 12.3 Å². The van der Waals surface area contributed by atoms with E-state index in [1.54, 1.807) is 43.2 Å². The number of carbonyl (C=O) groups excluding carboxylic acids is 2. The third kappa shape index (κ3) is 5.74. The number of methoxy groups -OCH3 is 2. The Bertz CT molecular complexity index is 1250. The van der Waals surface area contributed by atoms with Gasteiger partial charge in [0, 0.05) is 35.5 Å². The van der Waals surface area contributed by atoms with Gasteiger partial charge in [-0.05, 0) is 86.6 Å². The molecule has 2 amide bonds. The van der Waals surface area contributed by atoms with Crippen LogP contribution in [0, 0.1) is 0 Å². The van der Waals surface area contributed by atoms with Gasteiger partial charge in [-0.25, -0.2) is 0 Å². The third-order valence-electron chi connectivity index (χ3n) is 6.54. The van der Waals surface area contributed by atoms with Gasteiger partial charge in [-0.2, -0.15) is 0 Å². The van der Waals surface area contributed by atoms with Gasteiger partial charge in [-0.15, -0.1) is 10.1 Å². The predicted molar refractivity (Wildman–Crippen MR) is 144 cm³/mol. The average molecular weight is 502 g/mol. The molecule has 0 spiro atoms. The SMILES string of the molecule is CCN(CC)c1ccc(/C=[N+]2\NC(=O)[C@H](NC(=O)c3ccc(OC)cc3)[C@@H]2c2ccc(OC)cc2)cc1. The Hall–Kier alpha value is -4.33. The Kier molecular flexibility index (Phi) is 8.08. The van der Waals surface area contributed by atoms with Crippen LogP contribution in [0.5, 0.6) is 11.5 Å². The van der Waals surface area contributed by atoms with Crippen LogP contribution in [0.4, 0.5) is 5.69 Å². The number of amides is 2. The minimum Gasteiger partial charge on any atom is -0.497 e. The molecule has 2 N–H and O–H groups in total. The van der Waals surface area contributed by atoms with Gasteiger partial charge in [0.15, 0.2) is 6.04 Å². The molecule has 0 unspecified atom stereocenters. The first-order valence-corrected chi connectivity index (χ1v) is 12.3. The Labute approximate surface area is 217 Å². The van der Waals surface area contributed by atoms with Gasteiger partial charge < -0.3 is 19.7 Å². The van der Waals surface area contributed by atoms with E-state index in [-0.39, 0.29) is 11.8 Å². The number of nitrogens with zero attached hydrogens (tertiary/aromatic N) is 2. The molecule has 0 aliphatic carbocycles. The van der Waals surface area contributed by atoms with E-state index in [4.69, 9.17) is 9.47 Å². The summed E-state index contributed by atoms with van der Waals surface area (Å²) < 4.78 is 12.2. The van der Waals surface area contributed by atoms with Gasteiger partial charge in [0.05, 0.1) is 14.2 Å². The van der Waals surface area contributed by atoms with E-state index in [0.29, 0.717) is 17.1 Å². The van der Waals surface area contributed by atoms with Crippen LogP contribution < -0.4 is 25.1 Å². The Morgan fingerprint density at radius 2 is 1.49 bits per heavy atom. The predicted octanol–water partition coefficient (Wildman–Crippen LogP) is 3.57. The molecule has 8 nitrogen and oxygen atoms in total. The zero-order valence-electron chi connectivity index (χ0n) is 21.6. The first kappa shape index (κ1) is 25.8. The van der Waals surface area contributed by atoms with Crippen LogP contribution in [0.15, 0.2) is 72.8 Å². The largest absolute Gasteiger partial charge is 0.497 e. The molecule has 1 aliphatic rings. The molecule has 0 bridgehead atoms. The number of anilines is 1. The average Bonchev–Trinajstić information content (AvgIpc) is 3.24. The van der Waals surface area contributed by atoms with E-state index >= 15 is 0 Å². The third-order valence-corrected chi connectivity index (χ3v) is 6.54. The summed E-state index contributed by atoms with van der Waals surface area (Å²) in [6, 6.07) is 21.2. The summed E-state index contributed by atoms with van der Waals surface area (Å²) in [7, 11) is 3.18. The normalized spacial score (nSPS) is 17.8. The van der Waals surface area contributed by atoms with Crippen LogP contribution in [0.2, 0.25) is 0 Å². The molecule has 1 saturated heterocycles. The second-order valence-corrected chi connectivity index (χ2v) is 8.67. The number of hydrogen-bond donors (Lipinski definition) is 2. The van der Waals surface area contributed by atoms with Crippen molar-refractivity contribution in [1.82, 2.24) is 10.7 Å². The summed E-state index contributed by atoms with van der Waals surface area (Å²) in [5.74, 6) is 0.729. The molecule has 8 heteroatoms. The fourth-order valence-corrected chi connectivity index (χ4v) is 4.47.